The molecule has 0 N–H and O–H groups in total. The molecule has 1 unspecified atom stereocenters. The molecule has 128 valence electrons. The molecule has 0 aliphatic rings. The van der Waals surface area contributed by atoms with Gasteiger partial charge in [-0.2, -0.15) is 0 Å². The Morgan fingerprint density at radius 3 is 1.62 bits per heavy atom. The van der Waals surface area contributed by atoms with Gasteiger partial charge < -0.3 is 9.47 Å². The second-order valence-corrected chi connectivity index (χ2v) is 6.87. The smallest absolute Gasteiger partial charge is 0.0540 e. The van der Waals surface area contributed by atoms with Gasteiger partial charge in [-0.3, -0.25) is 0 Å². The van der Waals surface area contributed by atoms with E-state index < -0.39 is 0 Å². The summed E-state index contributed by atoms with van der Waals surface area (Å²) in [6, 6.07) is 0. The van der Waals surface area contributed by atoms with Gasteiger partial charge >= 0.3 is 0 Å². The minimum Gasteiger partial charge on any atom is -0.384 e. The second-order valence-electron chi connectivity index (χ2n) is 6.87. The summed E-state index contributed by atoms with van der Waals surface area (Å²) in [6.45, 7) is 10.9. The summed E-state index contributed by atoms with van der Waals surface area (Å²) in [7, 11) is 3.68. The van der Waals surface area contributed by atoms with Gasteiger partial charge in [-0.15, -0.1) is 0 Å². The van der Waals surface area contributed by atoms with E-state index in [0.717, 1.165) is 25.0 Å². The summed E-state index contributed by atoms with van der Waals surface area (Å²) in [5.41, 5.74) is 0.203. The van der Waals surface area contributed by atoms with Crippen molar-refractivity contribution in [1.82, 2.24) is 0 Å². The Morgan fingerprint density at radius 1 is 0.762 bits per heavy atom. The molecule has 0 saturated carbocycles. The largest absolute Gasteiger partial charge is 0.384 e. The normalized spacial score (nSPS) is 13.9. The Labute approximate surface area is 134 Å². The van der Waals surface area contributed by atoms with Crippen molar-refractivity contribution < 1.29 is 9.47 Å². The van der Waals surface area contributed by atoms with E-state index in [1.807, 2.05) is 14.2 Å². The van der Waals surface area contributed by atoms with Crippen molar-refractivity contribution in [3.05, 3.63) is 0 Å². The van der Waals surface area contributed by atoms with Gasteiger partial charge in [-0.05, 0) is 24.7 Å². The third-order valence-electron chi connectivity index (χ3n) is 5.04. The van der Waals surface area contributed by atoms with E-state index in [1.165, 1.54) is 51.4 Å². The van der Waals surface area contributed by atoms with Crippen molar-refractivity contribution in [2.24, 2.45) is 17.3 Å². The van der Waals surface area contributed by atoms with Gasteiger partial charge in [0.05, 0.1) is 13.2 Å². The molecule has 0 bridgehead atoms. The lowest BCUT2D eigenvalue weighted by Crippen LogP contribution is -2.36. The molecule has 0 aromatic rings. The molecule has 0 radical (unpaired) electrons. The van der Waals surface area contributed by atoms with Gasteiger partial charge in [-0.25, -0.2) is 0 Å². The SMILES string of the molecule is CCCCC(CC)CC(COC)(COC)CC(CC)CC. The Hall–Kier alpha value is -0.0800. The zero-order valence-electron chi connectivity index (χ0n) is 15.5. The van der Waals surface area contributed by atoms with E-state index in [0.29, 0.717) is 0 Å². The van der Waals surface area contributed by atoms with Crippen LogP contribution in [0, 0.1) is 17.3 Å². The molecular formula is C19H40O2. The van der Waals surface area contributed by atoms with Gasteiger partial charge in [0.15, 0.2) is 0 Å². The molecule has 0 rings (SSSR count). The number of rotatable bonds is 14. The predicted octanol–water partition coefficient (Wildman–Crippen LogP) is 5.70. The summed E-state index contributed by atoms with van der Waals surface area (Å²) in [5, 5.41) is 0. The minimum atomic E-state index is 0.203. The molecule has 0 aromatic heterocycles. The van der Waals surface area contributed by atoms with Crippen LogP contribution in [0.5, 0.6) is 0 Å². The average Bonchev–Trinajstić information content (AvgIpc) is 2.49. The Morgan fingerprint density at radius 2 is 1.24 bits per heavy atom. The van der Waals surface area contributed by atoms with Crippen molar-refractivity contribution in [2.75, 3.05) is 27.4 Å². The average molecular weight is 301 g/mol. The maximum atomic E-state index is 5.62. The first kappa shape index (κ1) is 20.9. The standard InChI is InChI=1S/C19H40O2/c1-7-11-12-18(10-4)14-19(15-20-5,16-21-6)13-17(8-2)9-3/h17-18H,7-16H2,1-6H3. The zero-order valence-corrected chi connectivity index (χ0v) is 15.5. The number of unbranched alkanes of at least 4 members (excludes halogenated alkanes) is 1. The fourth-order valence-electron chi connectivity index (χ4n) is 3.72. The van der Waals surface area contributed by atoms with Gasteiger partial charge in [0, 0.05) is 19.6 Å². The lowest BCUT2D eigenvalue weighted by atomic mass is 9.71. The maximum absolute atomic E-state index is 5.62. The van der Waals surface area contributed by atoms with Gasteiger partial charge in [-0.1, -0.05) is 66.2 Å². The van der Waals surface area contributed by atoms with Crippen molar-refractivity contribution in [3.8, 4) is 0 Å². The van der Waals surface area contributed by atoms with Crippen LogP contribution in [0.3, 0.4) is 0 Å². The molecule has 2 nitrogen and oxygen atoms in total. The number of hydrogen-bond donors (Lipinski definition) is 0. The first-order valence-electron chi connectivity index (χ1n) is 9.09. The summed E-state index contributed by atoms with van der Waals surface area (Å²) in [6.07, 6.45) is 10.3. The monoisotopic (exact) mass is 300 g/mol. The van der Waals surface area contributed by atoms with Crippen LogP contribution < -0.4 is 0 Å². The lowest BCUT2D eigenvalue weighted by molar-refractivity contribution is -0.0236. The highest BCUT2D eigenvalue weighted by atomic mass is 16.5. The summed E-state index contributed by atoms with van der Waals surface area (Å²) in [4.78, 5) is 0. The zero-order chi connectivity index (χ0) is 16.1. The van der Waals surface area contributed by atoms with Crippen molar-refractivity contribution in [3.63, 3.8) is 0 Å². The highest BCUT2D eigenvalue weighted by Gasteiger charge is 2.34. The van der Waals surface area contributed by atoms with Crippen molar-refractivity contribution >= 4 is 0 Å². The fraction of sp³-hybridized carbons (Fsp3) is 1.00. The molecule has 0 fully saturated rings. The van der Waals surface area contributed by atoms with Gasteiger partial charge in [0.2, 0.25) is 0 Å². The molecule has 2 heteroatoms. The Balaban J connectivity index is 4.95. The molecule has 0 spiro atoms. The molecule has 0 heterocycles. The number of hydrogen-bond acceptors (Lipinski definition) is 2. The summed E-state index contributed by atoms with van der Waals surface area (Å²) < 4.78 is 11.2. The van der Waals surface area contributed by atoms with Gasteiger partial charge in [0.1, 0.15) is 0 Å². The van der Waals surface area contributed by atoms with Crippen molar-refractivity contribution in [1.29, 1.82) is 0 Å². The second kappa shape index (κ2) is 12.5. The van der Waals surface area contributed by atoms with Crippen LogP contribution in [-0.4, -0.2) is 27.4 Å². The van der Waals surface area contributed by atoms with E-state index in [-0.39, 0.29) is 5.41 Å². The summed E-state index contributed by atoms with van der Waals surface area (Å²) >= 11 is 0. The minimum absolute atomic E-state index is 0.203. The van der Waals surface area contributed by atoms with E-state index in [4.69, 9.17) is 9.47 Å². The number of methoxy groups -OCH3 is 2. The first-order valence-corrected chi connectivity index (χ1v) is 9.09. The van der Waals surface area contributed by atoms with E-state index in [2.05, 4.69) is 27.7 Å². The van der Waals surface area contributed by atoms with Crippen LogP contribution in [-0.2, 0) is 9.47 Å². The quantitative estimate of drug-likeness (QED) is 0.410. The third kappa shape index (κ3) is 8.21. The first-order chi connectivity index (χ1) is 10.1. The maximum Gasteiger partial charge on any atom is 0.0540 e. The molecule has 0 aliphatic carbocycles. The molecular weight excluding hydrogens is 260 g/mol. The van der Waals surface area contributed by atoms with Crippen LogP contribution in [0.1, 0.15) is 79.1 Å². The summed E-state index contributed by atoms with van der Waals surface area (Å²) in [5.74, 6) is 1.60. The van der Waals surface area contributed by atoms with Crippen LogP contribution in [0.25, 0.3) is 0 Å². The van der Waals surface area contributed by atoms with Gasteiger partial charge in [0.25, 0.3) is 0 Å². The van der Waals surface area contributed by atoms with E-state index in [9.17, 15) is 0 Å². The molecule has 0 aromatic carbocycles. The predicted molar refractivity (Wildman–Crippen MR) is 92.8 cm³/mol. The molecule has 0 amide bonds. The molecule has 0 saturated heterocycles. The van der Waals surface area contributed by atoms with Crippen LogP contribution >= 0.6 is 0 Å². The van der Waals surface area contributed by atoms with Crippen molar-refractivity contribution in [2.45, 2.75) is 79.1 Å². The third-order valence-corrected chi connectivity index (χ3v) is 5.04. The van der Waals surface area contributed by atoms with Crippen LogP contribution in [0.15, 0.2) is 0 Å². The van der Waals surface area contributed by atoms with E-state index >= 15 is 0 Å². The molecule has 0 aliphatic heterocycles. The fourth-order valence-corrected chi connectivity index (χ4v) is 3.72. The molecule has 21 heavy (non-hydrogen) atoms. The Bertz CT molecular complexity index is 218. The van der Waals surface area contributed by atoms with Crippen LogP contribution in [0.4, 0.5) is 0 Å². The highest BCUT2D eigenvalue weighted by Crippen LogP contribution is 2.38. The Kier molecular flexibility index (Phi) is 12.4. The van der Waals surface area contributed by atoms with E-state index in [1.54, 1.807) is 0 Å². The highest BCUT2D eigenvalue weighted by molar-refractivity contribution is 4.84. The molecule has 1 atom stereocenters. The van der Waals surface area contributed by atoms with Crippen LogP contribution in [0.2, 0.25) is 0 Å². The number of ether oxygens (including phenoxy) is 2. The lowest BCUT2D eigenvalue weighted by Gasteiger charge is -2.38. The topological polar surface area (TPSA) is 18.5 Å².